The zero-order chi connectivity index (χ0) is 14.4. The van der Waals surface area contributed by atoms with Crippen LogP contribution in [-0.4, -0.2) is 29.7 Å². The van der Waals surface area contributed by atoms with Gasteiger partial charge in [0, 0.05) is 5.56 Å². The number of likely N-dealkylation sites (N-methyl/N-ethyl adjacent to an activating group) is 1. The molecule has 0 saturated carbocycles. The van der Waals surface area contributed by atoms with Crippen LogP contribution >= 0.6 is 11.3 Å². The van der Waals surface area contributed by atoms with Crippen LogP contribution in [0, 0.1) is 0 Å². The second kappa shape index (κ2) is 7.12. The number of anilines is 1. The van der Waals surface area contributed by atoms with Crippen LogP contribution in [0.1, 0.15) is 27.9 Å². The summed E-state index contributed by atoms with van der Waals surface area (Å²) in [5, 5.41) is 15.3. The van der Waals surface area contributed by atoms with E-state index in [0.29, 0.717) is 10.7 Å². The molecule has 0 fully saturated rings. The smallest absolute Gasteiger partial charge is 0.257 e. The van der Waals surface area contributed by atoms with E-state index in [4.69, 9.17) is 0 Å². The number of amides is 1. The van der Waals surface area contributed by atoms with Crippen molar-refractivity contribution in [2.24, 2.45) is 0 Å². The highest BCUT2D eigenvalue weighted by atomic mass is 32.1. The third-order valence-corrected chi connectivity index (χ3v) is 3.88. The van der Waals surface area contributed by atoms with Crippen molar-refractivity contribution in [3.05, 3.63) is 40.4 Å². The van der Waals surface area contributed by atoms with Gasteiger partial charge in [0.2, 0.25) is 5.13 Å². The van der Waals surface area contributed by atoms with Gasteiger partial charge >= 0.3 is 0 Å². The maximum absolute atomic E-state index is 12.3. The summed E-state index contributed by atoms with van der Waals surface area (Å²) in [6.45, 7) is 2.85. The lowest BCUT2D eigenvalue weighted by Gasteiger charge is -2.08. The molecule has 2 aromatic rings. The average molecular weight is 290 g/mol. The molecule has 20 heavy (non-hydrogen) atoms. The normalized spacial score (nSPS) is 10.5. The van der Waals surface area contributed by atoms with Crippen LogP contribution in [-0.2, 0) is 12.8 Å². The first kappa shape index (κ1) is 14.6. The highest BCUT2D eigenvalue weighted by Crippen LogP contribution is 2.17. The Morgan fingerprint density at radius 3 is 2.80 bits per heavy atom. The predicted octanol–water partition coefficient (Wildman–Crippen LogP) is 2.11. The van der Waals surface area contributed by atoms with Crippen molar-refractivity contribution >= 4 is 22.4 Å². The van der Waals surface area contributed by atoms with Crippen LogP contribution in [0.5, 0.6) is 0 Å². The van der Waals surface area contributed by atoms with E-state index in [2.05, 4.69) is 20.8 Å². The third kappa shape index (κ3) is 3.61. The van der Waals surface area contributed by atoms with E-state index < -0.39 is 0 Å². The third-order valence-electron chi connectivity index (χ3n) is 2.90. The van der Waals surface area contributed by atoms with Crippen molar-refractivity contribution in [1.29, 1.82) is 0 Å². The van der Waals surface area contributed by atoms with Crippen LogP contribution < -0.4 is 10.6 Å². The molecule has 1 heterocycles. The average Bonchev–Trinajstić information content (AvgIpc) is 2.93. The topological polar surface area (TPSA) is 66.9 Å². The number of hydrogen-bond acceptors (Lipinski definition) is 5. The Kier molecular flexibility index (Phi) is 5.20. The molecule has 0 spiro atoms. The van der Waals surface area contributed by atoms with E-state index in [-0.39, 0.29) is 5.91 Å². The van der Waals surface area contributed by atoms with Crippen molar-refractivity contribution in [3.63, 3.8) is 0 Å². The maximum Gasteiger partial charge on any atom is 0.257 e. The Hall–Kier alpha value is -1.79. The first-order valence-electron chi connectivity index (χ1n) is 6.60. The van der Waals surface area contributed by atoms with Crippen molar-refractivity contribution in [3.8, 4) is 0 Å². The van der Waals surface area contributed by atoms with Gasteiger partial charge in [-0.2, -0.15) is 0 Å². The molecule has 0 bridgehead atoms. The second-order valence-electron chi connectivity index (χ2n) is 4.32. The van der Waals surface area contributed by atoms with Crippen molar-refractivity contribution in [1.82, 2.24) is 15.5 Å². The molecule has 1 aromatic heterocycles. The summed E-state index contributed by atoms with van der Waals surface area (Å²) >= 11 is 1.41. The van der Waals surface area contributed by atoms with Gasteiger partial charge < -0.3 is 5.32 Å². The van der Waals surface area contributed by atoms with Gasteiger partial charge in [-0.15, -0.1) is 10.2 Å². The van der Waals surface area contributed by atoms with Crippen LogP contribution in [0.15, 0.2) is 24.3 Å². The molecule has 0 radical (unpaired) electrons. The minimum absolute atomic E-state index is 0.129. The molecular weight excluding hydrogens is 272 g/mol. The molecule has 6 heteroatoms. The number of carbonyl (C=O) groups excluding carboxylic acids is 1. The van der Waals surface area contributed by atoms with E-state index >= 15 is 0 Å². The Morgan fingerprint density at radius 2 is 2.10 bits per heavy atom. The molecule has 2 rings (SSSR count). The summed E-state index contributed by atoms with van der Waals surface area (Å²) in [5.41, 5.74) is 1.72. The lowest BCUT2D eigenvalue weighted by Crippen LogP contribution is -2.17. The van der Waals surface area contributed by atoms with Crippen LogP contribution in [0.4, 0.5) is 5.13 Å². The van der Waals surface area contributed by atoms with Gasteiger partial charge in [-0.3, -0.25) is 10.1 Å². The monoisotopic (exact) mass is 290 g/mol. The molecule has 1 aromatic carbocycles. The number of rotatable bonds is 6. The predicted molar refractivity (Wildman–Crippen MR) is 81.3 cm³/mol. The van der Waals surface area contributed by atoms with Gasteiger partial charge in [-0.05, 0) is 38.1 Å². The van der Waals surface area contributed by atoms with E-state index in [1.54, 1.807) is 0 Å². The van der Waals surface area contributed by atoms with Crippen LogP contribution in [0.2, 0.25) is 0 Å². The van der Waals surface area contributed by atoms with Crippen molar-refractivity contribution in [2.45, 2.75) is 19.8 Å². The summed E-state index contributed by atoms with van der Waals surface area (Å²) in [4.78, 5) is 12.3. The lowest BCUT2D eigenvalue weighted by molar-refractivity contribution is 0.102. The molecule has 0 atom stereocenters. The summed E-state index contributed by atoms with van der Waals surface area (Å²) in [7, 11) is 1.90. The second-order valence-corrected chi connectivity index (χ2v) is 5.38. The number of aryl methyl sites for hydroxylation is 1. The van der Waals surface area contributed by atoms with E-state index in [1.807, 2.05) is 38.2 Å². The zero-order valence-electron chi connectivity index (χ0n) is 11.6. The van der Waals surface area contributed by atoms with E-state index in [0.717, 1.165) is 30.0 Å². The lowest BCUT2D eigenvalue weighted by atomic mass is 10.0. The SMILES string of the molecule is CCc1nnc(NC(=O)c2ccccc2CCNC)s1. The molecule has 0 aliphatic heterocycles. The molecule has 0 aliphatic rings. The largest absolute Gasteiger partial charge is 0.319 e. The highest BCUT2D eigenvalue weighted by Gasteiger charge is 2.13. The van der Waals surface area contributed by atoms with Gasteiger partial charge in [0.1, 0.15) is 5.01 Å². The Morgan fingerprint density at radius 1 is 1.30 bits per heavy atom. The van der Waals surface area contributed by atoms with Gasteiger partial charge in [-0.1, -0.05) is 36.5 Å². The molecule has 2 N–H and O–H groups in total. The Bertz CT molecular complexity index is 582. The quantitative estimate of drug-likeness (QED) is 0.855. The summed E-state index contributed by atoms with van der Waals surface area (Å²) < 4.78 is 0. The molecule has 0 aliphatic carbocycles. The Labute approximate surface area is 122 Å². The fourth-order valence-electron chi connectivity index (χ4n) is 1.83. The van der Waals surface area contributed by atoms with E-state index in [1.165, 1.54) is 11.3 Å². The summed E-state index contributed by atoms with van der Waals surface area (Å²) in [6.07, 6.45) is 1.64. The van der Waals surface area contributed by atoms with Crippen molar-refractivity contribution < 1.29 is 4.79 Å². The number of carbonyl (C=O) groups is 1. The molecule has 1 amide bonds. The minimum atomic E-state index is -0.129. The fourth-order valence-corrected chi connectivity index (χ4v) is 2.51. The molecule has 106 valence electrons. The minimum Gasteiger partial charge on any atom is -0.319 e. The fraction of sp³-hybridized carbons (Fsp3) is 0.357. The number of benzene rings is 1. The van der Waals surface area contributed by atoms with Gasteiger partial charge in [0.15, 0.2) is 0 Å². The van der Waals surface area contributed by atoms with E-state index in [9.17, 15) is 4.79 Å². The number of nitrogens with one attached hydrogen (secondary N) is 2. The first-order valence-corrected chi connectivity index (χ1v) is 7.42. The van der Waals surface area contributed by atoms with Gasteiger partial charge in [-0.25, -0.2) is 0 Å². The number of nitrogens with zero attached hydrogens (tertiary/aromatic N) is 2. The summed E-state index contributed by atoms with van der Waals surface area (Å²) in [6, 6.07) is 7.63. The first-order chi connectivity index (χ1) is 9.74. The molecular formula is C14H18N4OS. The zero-order valence-corrected chi connectivity index (χ0v) is 12.5. The maximum atomic E-state index is 12.3. The van der Waals surface area contributed by atoms with Gasteiger partial charge in [0.05, 0.1) is 0 Å². The van der Waals surface area contributed by atoms with Crippen LogP contribution in [0.3, 0.4) is 0 Å². The highest BCUT2D eigenvalue weighted by molar-refractivity contribution is 7.15. The standard InChI is InChI=1S/C14H18N4OS/c1-3-12-17-18-14(20-12)16-13(19)11-7-5-4-6-10(11)8-9-15-2/h4-7,15H,3,8-9H2,1-2H3,(H,16,18,19). The van der Waals surface area contributed by atoms with Crippen molar-refractivity contribution in [2.75, 3.05) is 18.9 Å². The molecule has 0 saturated heterocycles. The summed E-state index contributed by atoms with van der Waals surface area (Å²) in [5.74, 6) is -0.129. The Balaban J connectivity index is 2.12. The number of aromatic nitrogens is 2. The molecule has 5 nitrogen and oxygen atoms in total. The van der Waals surface area contributed by atoms with Crippen LogP contribution in [0.25, 0.3) is 0 Å². The van der Waals surface area contributed by atoms with Gasteiger partial charge in [0.25, 0.3) is 5.91 Å². The number of hydrogen-bond donors (Lipinski definition) is 2. The molecule has 0 unspecified atom stereocenters.